The van der Waals surface area contributed by atoms with E-state index < -0.39 is 51.1 Å². The number of phosphoric acid groups is 1. The van der Waals surface area contributed by atoms with Gasteiger partial charge in [0.05, 0.1) is 13.2 Å². The van der Waals surface area contributed by atoms with Crippen molar-refractivity contribution >= 4 is 25.7 Å². The molecule has 0 aliphatic carbocycles. The highest BCUT2D eigenvalue weighted by atomic mass is 31.2. The van der Waals surface area contributed by atoms with Crippen LogP contribution in [0.3, 0.4) is 0 Å². The first-order chi connectivity index (χ1) is 31.1. The molecule has 0 amide bonds. The number of carbonyl (C=O) groups is 3. The summed E-state index contributed by atoms with van der Waals surface area (Å²) in [5.74, 6) is -2.46. The number of rotatable bonds is 45. The van der Waals surface area contributed by atoms with Gasteiger partial charge in [0.1, 0.15) is 12.6 Å². The van der Waals surface area contributed by atoms with E-state index >= 15 is 0 Å². The van der Waals surface area contributed by atoms with Crippen molar-refractivity contribution in [3.8, 4) is 0 Å². The Bertz CT molecular complexity index is 1400. The van der Waals surface area contributed by atoms with E-state index in [4.69, 9.17) is 24.8 Å². The van der Waals surface area contributed by atoms with Gasteiger partial charge >= 0.3 is 25.7 Å². The van der Waals surface area contributed by atoms with E-state index in [1.165, 1.54) is 89.9 Å². The molecular formula is C52H88NO10P. The number of carboxylic acids is 1. The number of ether oxygens (including phenoxy) is 2. The SMILES string of the molecule is CC/C=C\C/C=C\C/C=C\C/C=C\C/C=C\CCCC(=O)OC(COC(=O)CCCCCCCCCCCCC/C=C\C/C=C\CCCCCCC)COP(=O)(O)OCC(N)C(=O)O. The Labute approximate surface area is 388 Å². The largest absolute Gasteiger partial charge is 0.480 e. The number of carboxylic acid groups (broad SMARTS) is 1. The molecule has 366 valence electrons. The van der Waals surface area contributed by atoms with Crippen LogP contribution in [0.2, 0.25) is 0 Å². The van der Waals surface area contributed by atoms with Gasteiger partial charge in [0.15, 0.2) is 6.10 Å². The lowest BCUT2D eigenvalue weighted by Gasteiger charge is -2.20. The number of esters is 2. The smallest absolute Gasteiger partial charge is 0.472 e. The summed E-state index contributed by atoms with van der Waals surface area (Å²) in [6.07, 6.45) is 58.0. The molecule has 0 aromatic heterocycles. The summed E-state index contributed by atoms with van der Waals surface area (Å²) in [5.41, 5.74) is 5.34. The van der Waals surface area contributed by atoms with Gasteiger partial charge in [-0.25, -0.2) is 4.57 Å². The maximum Gasteiger partial charge on any atom is 0.472 e. The van der Waals surface area contributed by atoms with Crippen molar-refractivity contribution in [3.05, 3.63) is 85.1 Å². The molecule has 0 bridgehead atoms. The molecular weight excluding hydrogens is 830 g/mol. The Hall–Kier alpha value is -3.34. The van der Waals surface area contributed by atoms with Gasteiger partial charge in [0, 0.05) is 12.8 Å². The fraction of sp³-hybridized carbons (Fsp3) is 0.673. The van der Waals surface area contributed by atoms with Crippen LogP contribution in [0, 0.1) is 0 Å². The van der Waals surface area contributed by atoms with Crippen LogP contribution in [-0.4, -0.2) is 59.9 Å². The van der Waals surface area contributed by atoms with Crippen LogP contribution < -0.4 is 5.73 Å². The lowest BCUT2D eigenvalue weighted by Crippen LogP contribution is -2.34. The number of hydrogen-bond donors (Lipinski definition) is 3. The van der Waals surface area contributed by atoms with Gasteiger partial charge in [0.25, 0.3) is 0 Å². The van der Waals surface area contributed by atoms with Crippen LogP contribution in [0.15, 0.2) is 85.1 Å². The average molecular weight is 918 g/mol. The molecule has 0 aromatic carbocycles. The summed E-state index contributed by atoms with van der Waals surface area (Å²) >= 11 is 0. The third kappa shape index (κ3) is 45.2. The van der Waals surface area contributed by atoms with E-state index in [0.717, 1.165) is 57.8 Å². The zero-order chi connectivity index (χ0) is 47.0. The third-order valence-corrected chi connectivity index (χ3v) is 11.1. The second kappa shape index (κ2) is 46.2. The van der Waals surface area contributed by atoms with Crippen LogP contribution in [0.1, 0.15) is 194 Å². The molecule has 12 heteroatoms. The predicted molar refractivity (Wildman–Crippen MR) is 263 cm³/mol. The van der Waals surface area contributed by atoms with E-state index in [1.807, 2.05) is 12.2 Å². The van der Waals surface area contributed by atoms with Gasteiger partial charge in [-0.1, -0.05) is 182 Å². The molecule has 0 aliphatic heterocycles. The molecule has 0 saturated heterocycles. The van der Waals surface area contributed by atoms with Crippen molar-refractivity contribution in [1.82, 2.24) is 0 Å². The van der Waals surface area contributed by atoms with Crippen molar-refractivity contribution in [3.63, 3.8) is 0 Å². The molecule has 3 atom stereocenters. The lowest BCUT2D eigenvalue weighted by atomic mass is 10.0. The first-order valence-electron chi connectivity index (χ1n) is 24.6. The van der Waals surface area contributed by atoms with Crippen molar-refractivity contribution in [2.45, 2.75) is 206 Å². The van der Waals surface area contributed by atoms with Crippen LogP contribution in [0.5, 0.6) is 0 Å². The van der Waals surface area contributed by atoms with Gasteiger partial charge in [-0.3, -0.25) is 23.4 Å². The normalized spacial score (nSPS) is 14.3. The van der Waals surface area contributed by atoms with E-state index in [-0.39, 0.29) is 19.4 Å². The van der Waals surface area contributed by atoms with Crippen LogP contribution >= 0.6 is 7.82 Å². The van der Waals surface area contributed by atoms with Crippen LogP contribution in [0.25, 0.3) is 0 Å². The van der Waals surface area contributed by atoms with Crippen molar-refractivity contribution < 1.29 is 47.5 Å². The highest BCUT2D eigenvalue weighted by Crippen LogP contribution is 2.43. The van der Waals surface area contributed by atoms with Crippen molar-refractivity contribution in [2.24, 2.45) is 5.73 Å². The topological polar surface area (TPSA) is 172 Å². The molecule has 0 radical (unpaired) electrons. The zero-order valence-corrected chi connectivity index (χ0v) is 40.7. The summed E-state index contributed by atoms with van der Waals surface area (Å²) in [6, 6.07) is -1.54. The summed E-state index contributed by atoms with van der Waals surface area (Å²) in [7, 11) is -4.74. The van der Waals surface area contributed by atoms with Gasteiger partial charge < -0.3 is 25.2 Å². The van der Waals surface area contributed by atoms with Crippen molar-refractivity contribution in [1.29, 1.82) is 0 Å². The van der Waals surface area contributed by atoms with Gasteiger partial charge in [0.2, 0.25) is 0 Å². The number of phosphoric ester groups is 1. The monoisotopic (exact) mass is 918 g/mol. The van der Waals surface area contributed by atoms with Crippen molar-refractivity contribution in [2.75, 3.05) is 19.8 Å². The summed E-state index contributed by atoms with van der Waals surface area (Å²) < 4.78 is 32.7. The molecule has 3 unspecified atom stereocenters. The molecule has 0 heterocycles. The van der Waals surface area contributed by atoms with E-state index in [2.05, 4.69) is 91.3 Å². The number of carbonyl (C=O) groups excluding carboxylic acids is 2. The number of aliphatic carboxylic acids is 1. The quantitative estimate of drug-likeness (QED) is 0.0230. The van der Waals surface area contributed by atoms with Gasteiger partial charge in [-0.15, -0.1) is 0 Å². The Morgan fingerprint density at radius 3 is 1.36 bits per heavy atom. The molecule has 0 rings (SSSR count). The second-order valence-corrected chi connectivity index (χ2v) is 17.7. The first-order valence-corrected chi connectivity index (χ1v) is 26.1. The Morgan fingerprint density at radius 1 is 0.500 bits per heavy atom. The summed E-state index contributed by atoms with van der Waals surface area (Å²) in [5, 5.41) is 8.91. The average Bonchev–Trinajstić information content (AvgIpc) is 3.27. The van der Waals surface area contributed by atoms with Crippen LogP contribution in [0.4, 0.5) is 0 Å². The summed E-state index contributed by atoms with van der Waals surface area (Å²) in [4.78, 5) is 46.1. The number of hydrogen-bond acceptors (Lipinski definition) is 9. The van der Waals surface area contributed by atoms with E-state index in [9.17, 15) is 23.8 Å². The van der Waals surface area contributed by atoms with Crippen LogP contribution in [-0.2, 0) is 37.5 Å². The van der Waals surface area contributed by atoms with Gasteiger partial charge in [-0.2, -0.15) is 0 Å². The molecule has 11 nitrogen and oxygen atoms in total. The molecule has 0 saturated carbocycles. The lowest BCUT2D eigenvalue weighted by molar-refractivity contribution is -0.161. The highest BCUT2D eigenvalue weighted by molar-refractivity contribution is 7.47. The second-order valence-electron chi connectivity index (χ2n) is 16.2. The number of nitrogens with two attached hydrogens (primary N) is 1. The Balaban J connectivity index is 4.33. The fourth-order valence-electron chi connectivity index (χ4n) is 6.31. The Kier molecular flexibility index (Phi) is 43.8. The first kappa shape index (κ1) is 60.7. The van der Waals surface area contributed by atoms with E-state index in [1.54, 1.807) is 0 Å². The molecule has 0 fully saturated rings. The molecule has 0 spiro atoms. The minimum Gasteiger partial charge on any atom is -0.480 e. The molecule has 4 N–H and O–H groups in total. The molecule has 64 heavy (non-hydrogen) atoms. The minimum absolute atomic E-state index is 0.0785. The fourth-order valence-corrected chi connectivity index (χ4v) is 7.09. The standard InChI is InChI=1S/C52H88NO10P/c1-3-5-7-9-11-13-15-17-19-21-22-23-24-25-26-28-29-31-33-35-37-39-41-43-50(54)60-45-48(46-61-64(58,59)62-47-49(53)52(56)57)63-51(55)44-42-40-38-36-34-32-30-27-20-18-16-14-12-10-8-6-4-2/h6,8,12,14-15,17-18,20-22,30,32,36,38,48-49H,3-5,7,9-11,13,16,19,23-29,31,33-35,37,39-47,53H2,1-2H3,(H,56,57)(H,58,59)/b8-6-,14-12-,17-15-,20-18-,22-21-,32-30-,38-36-. The summed E-state index contributed by atoms with van der Waals surface area (Å²) in [6.45, 7) is 2.63. The van der Waals surface area contributed by atoms with Gasteiger partial charge in [-0.05, 0) is 83.5 Å². The zero-order valence-electron chi connectivity index (χ0n) is 39.8. The van der Waals surface area contributed by atoms with E-state index in [0.29, 0.717) is 19.3 Å². The number of allylic oxidation sites excluding steroid dienone is 14. The maximum absolute atomic E-state index is 12.6. The number of unbranched alkanes of at least 4 members (excludes halogenated alkanes) is 17. The Morgan fingerprint density at radius 2 is 0.891 bits per heavy atom. The minimum atomic E-state index is -4.74. The molecule has 0 aromatic rings. The predicted octanol–water partition coefficient (Wildman–Crippen LogP) is 13.8. The highest BCUT2D eigenvalue weighted by Gasteiger charge is 2.28. The molecule has 0 aliphatic rings. The third-order valence-electron chi connectivity index (χ3n) is 10.1. The maximum atomic E-state index is 12.6.